The molecule has 0 fully saturated rings. The smallest absolute Gasteiger partial charge is 0.220 e. The molecule has 0 atom stereocenters. The summed E-state index contributed by atoms with van der Waals surface area (Å²) in [4.78, 5) is 12.0. The molecule has 0 aliphatic heterocycles. The molecular weight excluding hydrogens is 274 g/mol. The summed E-state index contributed by atoms with van der Waals surface area (Å²) in [5.74, 6) is 0.0349. The minimum atomic E-state index is -0.00535. The van der Waals surface area contributed by atoms with Gasteiger partial charge in [-0.15, -0.1) is 0 Å². The molecule has 3 heteroatoms. The first kappa shape index (κ1) is 16.2. The Morgan fingerprint density at radius 2 is 1.77 bits per heavy atom. The Kier molecular flexibility index (Phi) is 5.73. The molecule has 2 aromatic rings. The third-order valence-corrected chi connectivity index (χ3v) is 3.88. The number of aliphatic hydroxyl groups excluding tert-OH is 1. The number of hydrogen-bond acceptors (Lipinski definition) is 2. The number of hydrogen-bond donors (Lipinski definition) is 2. The third kappa shape index (κ3) is 4.43. The minimum absolute atomic E-state index is 0.00535. The second-order valence-electron chi connectivity index (χ2n) is 5.63. The van der Waals surface area contributed by atoms with E-state index in [-0.39, 0.29) is 12.5 Å². The molecule has 0 bridgehead atoms. The Labute approximate surface area is 132 Å². The van der Waals surface area contributed by atoms with Crippen LogP contribution in [0.5, 0.6) is 0 Å². The second kappa shape index (κ2) is 7.76. The molecule has 2 aromatic carbocycles. The summed E-state index contributed by atoms with van der Waals surface area (Å²) in [6.07, 6.45) is 1.23. The molecule has 22 heavy (non-hydrogen) atoms. The molecule has 0 unspecified atom stereocenters. The van der Waals surface area contributed by atoms with Crippen molar-refractivity contribution < 1.29 is 9.90 Å². The number of carbonyl (C=O) groups is 1. The first-order valence-electron chi connectivity index (χ1n) is 7.60. The summed E-state index contributed by atoms with van der Waals surface area (Å²) in [6, 6.07) is 13.9. The summed E-state index contributed by atoms with van der Waals surface area (Å²) < 4.78 is 0. The predicted octanol–water partition coefficient (Wildman–Crippen LogP) is 3.04. The van der Waals surface area contributed by atoms with Gasteiger partial charge in [0, 0.05) is 13.0 Å². The lowest BCUT2D eigenvalue weighted by Crippen LogP contribution is -2.23. The molecule has 0 saturated carbocycles. The van der Waals surface area contributed by atoms with Gasteiger partial charge in [0.1, 0.15) is 0 Å². The van der Waals surface area contributed by atoms with Crippen LogP contribution in [0.4, 0.5) is 0 Å². The van der Waals surface area contributed by atoms with Gasteiger partial charge < -0.3 is 10.4 Å². The zero-order chi connectivity index (χ0) is 15.9. The van der Waals surface area contributed by atoms with E-state index >= 15 is 0 Å². The molecule has 0 heterocycles. The van der Waals surface area contributed by atoms with Crippen LogP contribution in [0.25, 0.3) is 0 Å². The van der Waals surface area contributed by atoms with Crippen LogP contribution in [0, 0.1) is 13.8 Å². The van der Waals surface area contributed by atoms with Crippen LogP contribution in [0.1, 0.15) is 34.2 Å². The molecule has 0 aliphatic carbocycles. The van der Waals surface area contributed by atoms with E-state index in [1.165, 1.54) is 16.7 Å². The van der Waals surface area contributed by atoms with Crippen molar-refractivity contribution in [2.24, 2.45) is 0 Å². The van der Waals surface area contributed by atoms with E-state index in [1.54, 1.807) is 0 Å². The van der Waals surface area contributed by atoms with Crippen molar-refractivity contribution in [3.8, 4) is 0 Å². The highest BCUT2D eigenvalue weighted by molar-refractivity contribution is 5.76. The molecular formula is C19H23NO2. The van der Waals surface area contributed by atoms with Crippen LogP contribution < -0.4 is 5.32 Å². The van der Waals surface area contributed by atoms with Crippen molar-refractivity contribution in [2.75, 3.05) is 0 Å². The van der Waals surface area contributed by atoms with Crippen molar-refractivity contribution >= 4 is 5.91 Å². The van der Waals surface area contributed by atoms with Crippen molar-refractivity contribution in [3.05, 3.63) is 70.3 Å². The van der Waals surface area contributed by atoms with Crippen LogP contribution in [0.2, 0.25) is 0 Å². The Morgan fingerprint density at radius 3 is 2.45 bits per heavy atom. The van der Waals surface area contributed by atoms with Gasteiger partial charge in [0.25, 0.3) is 0 Å². The van der Waals surface area contributed by atoms with Gasteiger partial charge in [-0.2, -0.15) is 0 Å². The normalized spacial score (nSPS) is 10.5. The molecule has 116 valence electrons. The largest absolute Gasteiger partial charge is 0.392 e. The first-order chi connectivity index (χ1) is 10.6. The number of aryl methyl sites for hydroxylation is 3. The summed E-state index contributed by atoms with van der Waals surface area (Å²) in [5.41, 5.74) is 5.52. The first-order valence-corrected chi connectivity index (χ1v) is 7.60. The molecule has 1 amide bonds. The fourth-order valence-corrected chi connectivity index (χ4v) is 2.54. The van der Waals surface area contributed by atoms with Crippen LogP contribution in [0.15, 0.2) is 42.5 Å². The molecule has 3 nitrogen and oxygen atoms in total. The average molecular weight is 297 g/mol. The van der Waals surface area contributed by atoms with Crippen LogP contribution in [-0.4, -0.2) is 11.0 Å². The molecule has 2 rings (SSSR count). The number of carbonyl (C=O) groups excluding carboxylic acids is 1. The van der Waals surface area contributed by atoms with Crippen LogP contribution >= 0.6 is 0 Å². The highest BCUT2D eigenvalue weighted by Gasteiger charge is 2.06. The summed E-state index contributed by atoms with van der Waals surface area (Å²) in [5, 5.41) is 12.2. The summed E-state index contributed by atoms with van der Waals surface area (Å²) in [6.45, 7) is 4.61. The molecule has 0 aliphatic rings. The van der Waals surface area contributed by atoms with E-state index in [0.29, 0.717) is 13.0 Å². The molecule has 0 saturated heterocycles. The molecule has 0 aromatic heterocycles. The zero-order valence-corrected chi connectivity index (χ0v) is 13.2. The number of nitrogens with one attached hydrogen (secondary N) is 1. The van der Waals surface area contributed by atoms with E-state index in [9.17, 15) is 9.90 Å². The Hall–Kier alpha value is -2.13. The highest BCUT2D eigenvalue weighted by atomic mass is 16.3. The quantitative estimate of drug-likeness (QED) is 0.861. The minimum Gasteiger partial charge on any atom is -0.392 e. The number of benzene rings is 2. The van der Waals surface area contributed by atoms with Gasteiger partial charge in [-0.25, -0.2) is 0 Å². The van der Waals surface area contributed by atoms with Crippen LogP contribution in [0.3, 0.4) is 0 Å². The average Bonchev–Trinajstić information content (AvgIpc) is 2.52. The van der Waals surface area contributed by atoms with Crippen molar-refractivity contribution in [3.63, 3.8) is 0 Å². The van der Waals surface area contributed by atoms with E-state index in [0.717, 1.165) is 17.5 Å². The van der Waals surface area contributed by atoms with Gasteiger partial charge >= 0.3 is 0 Å². The van der Waals surface area contributed by atoms with E-state index in [1.807, 2.05) is 24.3 Å². The lowest BCUT2D eigenvalue weighted by Gasteiger charge is -2.10. The molecule has 2 N–H and O–H groups in total. The maximum Gasteiger partial charge on any atom is 0.220 e. The number of aliphatic hydroxyl groups is 1. The fourth-order valence-electron chi connectivity index (χ4n) is 2.54. The van der Waals surface area contributed by atoms with Gasteiger partial charge in [-0.1, -0.05) is 48.0 Å². The molecule has 0 spiro atoms. The van der Waals surface area contributed by atoms with E-state index < -0.39 is 0 Å². The summed E-state index contributed by atoms with van der Waals surface area (Å²) >= 11 is 0. The standard InChI is InChI=1S/C19H23NO2/c1-14-7-8-16(15(2)11-14)9-10-19(22)20-12-17-5-3-4-6-18(17)13-21/h3-8,11,21H,9-10,12-13H2,1-2H3,(H,20,22). The lowest BCUT2D eigenvalue weighted by molar-refractivity contribution is -0.121. The van der Waals surface area contributed by atoms with Gasteiger partial charge in [-0.3, -0.25) is 4.79 Å². The van der Waals surface area contributed by atoms with E-state index in [4.69, 9.17) is 0 Å². The Morgan fingerprint density at radius 1 is 1.05 bits per heavy atom. The maximum absolute atomic E-state index is 12.0. The van der Waals surface area contributed by atoms with Gasteiger partial charge in [0.15, 0.2) is 0 Å². The van der Waals surface area contributed by atoms with Crippen molar-refractivity contribution in [1.82, 2.24) is 5.32 Å². The SMILES string of the molecule is Cc1ccc(CCC(=O)NCc2ccccc2CO)c(C)c1. The highest BCUT2D eigenvalue weighted by Crippen LogP contribution is 2.13. The van der Waals surface area contributed by atoms with E-state index in [2.05, 4.69) is 37.4 Å². The van der Waals surface area contributed by atoms with Gasteiger partial charge in [0.05, 0.1) is 6.61 Å². The lowest BCUT2D eigenvalue weighted by atomic mass is 10.0. The number of amides is 1. The number of rotatable bonds is 6. The fraction of sp³-hybridized carbons (Fsp3) is 0.316. The zero-order valence-electron chi connectivity index (χ0n) is 13.2. The van der Waals surface area contributed by atoms with Crippen molar-refractivity contribution in [1.29, 1.82) is 0 Å². The summed E-state index contributed by atoms with van der Waals surface area (Å²) in [7, 11) is 0. The predicted molar refractivity (Wildman–Crippen MR) is 88.4 cm³/mol. The van der Waals surface area contributed by atoms with Crippen molar-refractivity contribution in [2.45, 2.75) is 39.8 Å². The molecule has 0 radical (unpaired) electrons. The van der Waals surface area contributed by atoms with Gasteiger partial charge in [0.2, 0.25) is 5.91 Å². The van der Waals surface area contributed by atoms with Gasteiger partial charge in [-0.05, 0) is 42.5 Å². The maximum atomic E-state index is 12.0. The Bertz CT molecular complexity index is 650. The topological polar surface area (TPSA) is 49.3 Å². The second-order valence-corrected chi connectivity index (χ2v) is 5.63. The Balaban J connectivity index is 1.85. The third-order valence-electron chi connectivity index (χ3n) is 3.88. The van der Waals surface area contributed by atoms with Crippen LogP contribution in [-0.2, 0) is 24.4 Å². The monoisotopic (exact) mass is 297 g/mol.